The average molecular weight is 168 g/mol. The van der Waals surface area contributed by atoms with Crippen LogP contribution in [0.4, 0.5) is 0 Å². The Morgan fingerprint density at radius 3 is 1.17 bits per heavy atom. The fourth-order valence-corrected chi connectivity index (χ4v) is 2.09. The molecular formula is C11H20O. The third-order valence-electron chi connectivity index (χ3n) is 2.70. The highest BCUT2D eigenvalue weighted by Crippen LogP contribution is 2.54. The average Bonchev–Trinajstić information content (AvgIpc) is 2.35. The monoisotopic (exact) mass is 168 g/mol. The summed E-state index contributed by atoms with van der Waals surface area (Å²) in [5.41, 5.74) is 0.323. The maximum absolute atomic E-state index is 11.5. The van der Waals surface area contributed by atoms with Crippen LogP contribution in [0.5, 0.6) is 0 Å². The molecule has 0 heterocycles. The van der Waals surface area contributed by atoms with E-state index in [4.69, 9.17) is 0 Å². The van der Waals surface area contributed by atoms with Gasteiger partial charge in [0.05, 0.1) is 0 Å². The summed E-state index contributed by atoms with van der Waals surface area (Å²) in [6.45, 7) is 12.9. The molecular weight excluding hydrogens is 148 g/mol. The molecule has 0 aromatic carbocycles. The van der Waals surface area contributed by atoms with Crippen LogP contribution < -0.4 is 0 Å². The first-order valence-corrected chi connectivity index (χ1v) is 4.69. The van der Waals surface area contributed by atoms with E-state index in [-0.39, 0.29) is 10.8 Å². The summed E-state index contributed by atoms with van der Waals surface area (Å²) in [5.74, 6) is 1.07. The number of Topliss-reactive ketones (excluding diaryl/α,β-unsaturated/α-hetero) is 1. The number of carbonyl (C=O) groups is 1. The van der Waals surface area contributed by atoms with Crippen LogP contribution in [0.1, 0.15) is 41.5 Å². The third kappa shape index (κ3) is 1.55. The van der Waals surface area contributed by atoms with Crippen molar-refractivity contribution in [2.24, 2.45) is 22.7 Å². The molecule has 1 heteroatoms. The van der Waals surface area contributed by atoms with Crippen molar-refractivity contribution >= 4 is 5.78 Å². The fraction of sp³-hybridized carbons (Fsp3) is 0.909. The summed E-state index contributed by atoms with van der Waals surface area (Å²) in [4.78, 5) is 11.5. The summed E-state index contributed by atoms with van der Waals surface area (Å²) in [7, 11) is 0. The predicted octanol–water partition coefficient (Wildman–Crippen LogP) is 2.89. The van der Waals surface area contributed by atoms with E-state index in [2.05, 4.69) is 41.5 Å². The Hall–Kier alpha value is -0.330. The van der Waals surface area contributed by atoms with Crippen LogP contribution in [-0.4, -0.2) is 5.78 Å². The lowest BCUT2D eigenvalue weighted by Crippen LogP contribution is -2.16. The molecule has 0 N–H and O–H groups in total. The van der Waals surface area contributed by atoms with E-state index >= 15 is 0 Å². The van der Waals surface area contributed by atoms with E-state index in [1.165, 1.54) is 0 Å². The first-order valence-electron chi connectivity index (χ1n) is 4.69. The van der Waals surface area contributed by atoms with E-state index in [0.29, 0.717) is 17.6 Å². The zero-order valence-electron chi connectivity index (χ0n) is 9.06. The molecule has 0 bridgehead atoms. The topological polar surface area (TPSA) is 17.1 Å². The third-order valence-corrected chi connectivity index (χ3v) is 2.70. The van der Waals surface area contributed by atoms with E-state index < -0.39 is 0 Å². The molecule has 2 unspecified atom stereocenters. The van der Waals surface area contributed by atoms with Crippen molar-refractivity contribution in [3.05, 3.63) is 0 Å². The fourth-order valence-electron chi connectivity index (χ4n) is 2.09. The molecule has 12 heavy (non-hydrogen) atoms. The first kappa shape index (κ1) is 9.76. The van der Waals surface area contributed by atoms with Crippen molar-refractivity contribution < 1.29 is 4.79 Å². The maximum Gasteiger partial charge on any atom is 0.141 e. The summed E-state index contributed by atoms with van der Waals surface area (Å²) < 4.78 is 0. The largest absolute Gasteiger partial charge is 0.299 e. The highest BCUT2D eigenvalue weighted by molar-refractivity contribution is 6.00. The zero-order chi connectivity index (χ0) is 9.73. The van der Waals surface area contributed by atoms with Gasteiger partial charge >= 0.3 is 0 Å². The van der Waals surface area contributed by atoms with Crippen molar-refractivity contribution in [1.82, 2.24) is 0 Å². The van der Waals surface area contributed by atoms with Gasteiger partial charge in [-0.05, 0) is 10.8 Å². The van der Waals surface area contributed by atoms with Gasteiger partial charge in [0.15, 0.2) is 0 Å². The van der Waals surface area contributed by atoms with Gasteiger partial charge in [-0.15, -0.1) is 0 Å². The molecule has 1 rings (SSSR count). The van der Waals surface area contributed by atoms with Crippen molar-refractivity contribution in [2.45, 2.75) is 41.5 Å². The van der Waals surface area contributed by atoms with Crippen LogP contribution in [0.2, 0.25) is 0 Å². The number of ketones is 1. The smallest absolute Gasteiger partial charge is 0.141 e. The lowest BCUT2D eigenvalue weighted by molar-refractivity contribution is -0.113. The minimum Gasteiger partial charge on any atom is -0.299 e. The Morgan fingerprint density at radius 1 is 0.833 bits per heavy atom. The quantitative estimate of drug-likeness (QED) is 0.543. The van der Waals surface area contributed by atoms with E-state index in [9.17, 15) is 4.79 Å². The molecule has 0 radical (unpaired) electrons. The number of hydrogen-bond acceptors (Lipinski definition) is 1. The number of hydrogen-bond donors (Lipinski definition) is 0. The van der Waals surface area contributed by atoms with Crippen LogP contribution >= 0.6 is 0 Å². The Balaban J connectivity index is 2.73. The summed E-state index contributed by atoms with van der Waals surface area (Å²) in [6, 6.07) is 0. The first-order chi connectivity index (χ1) is 5.15. The van der Waals surface area contributed by atoms with Crippen molar-refractivity contribution in [1.29, 1.82) is 0 Å². The molecule has 0 saturated heterocycles. The van der Waals surface area contributed by atoms with Crippen LogP contribution in [0.3, 0.4) is 0 Å². The molecule has 1 fully saturated rings. The molecule has 2 atom stereocenters. The van der Waals surface area contributed by atoms with Gasteiger partial charge in [-0.25, -0.2) is 0 Å². The number of rotatable bonds is 0. The van der Waals surface area contributed by atoms with Crippen molar-refractivity contribution in [3.63, 3.8) is 0 Å². The van der Waals surface area contributed by atoms with Crippen molar-refractivity contribution in [2.75, 3.05) is 0 Å². The van der Waals surface area contributed by atoms with E-state index in [1.807, 2.05) is 0 Å². The molecule has 1 saturated carbocycles. The molecule has 0 amide bonds. The summed E-state index contributed by atoms with van der Waals surface area (Å²) >= 11 is 0. The van der Waals surface area contributed by atoms with E-state index in [1.54, 1.807) is 0 Å². The van der Waals surface area contributed by atoms with Gasteiger partial charge in [-0.2, -0.15) is 0 Å². The van der Waals surface area contributed by atoms with Gasteiger partial charge in [-0.1, -0.05) is 41.5 Å². The summed E-state index contributed by atoms with van der Waals surface area (Å²) in [5, 5.41) is 0. The molecule has 1 nitrogen and oxygen atoms in total. The van der Waals surface area contributed by atoms with Crippen LogP contribution in [0, 0.1) is 22.7 Å². The molecule has 0 aromatic rings. The molecule has 1 aliphatic rings. The zero-order valence-corrected chi connectivity index (χ0v) is 9.06. The second-order valence-corrected chi connectivity index (χ2v) is 6.09. The second kappa shape index (κ2) is 2.34. The molecule has 0 spiro atoms. The molecule has 70 valence electrons. The van der Waals surface area contributed by atoms with Gasteiger partial charge in [0.2, 0.25) is 0 Å². The van der Waals surface area contributed by atoms with Gasteiger partial charge in [0.1, 0.15) is 5.78 Å². The minimum atomic E-state index is 0.162. The van der Waals surface area contributed by atoms with Crippen molar-refractivity contribution in [3.8, 4) is 0 Å². The van der Waals surface area contributed by atoms with Gasteiger partial charge in [0.25, 0.3) is 0 Å². The Bertz CT molecular complexity index is 180. The summed E-state index contributed by atoms with van der Waals surface area (Å²) in [6.07, 6.45) is 0. The van der Waals surface area contributed by atoms with Gasteiger partial charge in [-0.3, -0.25) is 4.79 Å². The number of carbonyl (C=O) groups excluding carboxylic acids is 1. The predicted molar refractivity (Wildman–Crippen MR) is 50.9 cm³/mol. The standard InChI is InChI=1S/C11H20O/c1-10(2,3)7-8(9(7)12)11(4,5)6/h7-8H,1-6H3. The van der Waals surface area contributed by atoms with Crippen LogP contribution in [0.25, 0.3) is 0 Å². The lowest BCUT2D eigenvalue weighted by Gasteiger charge is -2.22. The highest BCUT2D eigenvalue weighted by atomic mass is 16.1. The normalized spacial score (nSPS) is 30.7. The van der Waals surface area contributed by atoms with Gasteiger partial charge in [0, 0.05) is 11.8 Å². The SMILES string of the molecule is CC(C)(C)C1C(=O)C1C(C)(C)C. The highest BCUT2D eigenvalue weighted by Gasteiger charge is 2.59. The second-order valence-electron chi connectivity index (χ2n) is 6.09. The van der Waals surface area contributed by atoms with Crippen LogP contribution in [0.15, 0.2) is 0 Å². The maximum atomic E-state index is 11.5. The Morgan fingerprint density at radius 2 is 1.08 bits per heavy atom. The molecule has 0 aromatic heterocycles. The molecule has 1 aliphatic carbocycles. The lowest BCUT2D eigenvalue weighted by atomic mass is 9.81. The van der Waals surface area contributed by atoms with Crippen LogP contribution in [-0.2, 0) is 4.79 Å². The Kier molecular flexibility index (Phi) is 1.90. The van der Waals surface area contributed by atoms with Gasteiger partial charge < -0.3 is 0 Å². The Labute approximate surface area is 75.5 Å². The minimum absolute atomic E-state index is 0.162. The van der Waals surface area contributed by atoms with E-state index in [0.717, 1.165) is 0 Å². The molecule has 0 aliphatic heterocycles.